The summed E-state index contributed by atoms with van der Waals surface area (Å²) in [5.74, 6) is -0.939. The molecule has 3 aromatic carbocycles. The second-order valence-electron chi connectivity index (χ2n) is 5.97. The van der Waals surface area contributed by atoms with Gasteiger partial charge in [0.15, 0.2) is 6.61 Å². The minimum absolute atomic E-state index is 0.0371. The van der Waals surface area contributed by atoms with Gasteiger partial charge in [0, 0.05) is 22.0 Å². The lowest BCUT2D eigenvalue weighted by Gasteiger charge is -2.24. The molecular weight excluding hydrogens is 397 g/mol. The van der Waals surface area contributed by atoms with Crippen molar-refractivity contribution in [2.24, 2.45) is 0 Å². The van der Waals surface area contributed by atoms with Crippen LogP contribution in [0.4, 0.5) is 11.4 Å². The first kappa shape index (κ1) is 19.9. The van der Waals surface area contributed by atoms with Gasteiger partial charge < -0.3 is 9.64 Å². The molecule has 0 saturated heterocycles. The van der Waals surface area contributed by atoms with Crippen LogP contribution < -0.4 is 4.90 Å². The number of Topliss-reactive ketones (excluding diaryl/α,β-unsaturated/α-hetero) is 1. The van der Waals surface area contributed by atoms with Gasteiger partial charge in [0.05, 0.1) is 5.02 Å². The maximum Gasteiger partial charge on any atom is 0.326 e. The Morgan fingerprint density at radius 1 is 0.821 bits per heavy atom. The van der Waals surface area contributed by atoms with Crippen LogP contribution in [0.25, 0.3) is 0 Å². The summed E-state index contributed by atoms with van der Waals surface area (Å²) in [5.41, 5.74) is 1.91. The standard InChI is InChI=1S/C22H17Cl2NO3/c23-16-11-12-20(24)19(13-16)21(26)15-28-22(27)14-25(17-7-3-1-4-8-17)18-9-5-2-6-10-18/h1-13H,14-15H2. The number of ketones is 1. The minimum atomic E-state index is -0.529. The Morgan fingerprint density at radius 2 is 1.39 bits per heavy atom. The fourth-order valence-corrected chi connectivity index (χ4v) is 3.05. The van der Waals surface area contributed by atoms with Crippen molar-refractivity contribution >= 4 is 46.3 Å². The van der Waals surface area contributed by atoms with Crippen LogP contribution in [0.15, 0.2) is 78.9 Å². The molecule has 0 aliphatic rings. The third-order valence-electron chi connectivity index (χ3n) is 4.02. The summed E-state index contributed by atoms with van der Waals surface area (Å²) in [7, 11) is 0. The molecule has 28 heavy (non-hydrogen) atoms. The molecule has 0 atom stereocenters. The lowest BCUT2D eigenvalue weighted by molar-refractivity contribution is -0.140. The Balaban J connectivity index is 1.69. The Bertz CT molecular complexity index is 923. The number of rotatable bonds is 7. The molecule has 0 unspecified atom stereocenters. The van der Waals surface area contributed by atoms with Crippen LogP contribution in [0.1, 0.15) is 10.4 Å². The van der Waals surface area contributed by atoms with Gasteiger partial charge in [0.1, 0.15) is 6.54 Å². The third kappa shape index (κ3) is 5.12. The Hall–Kier alpha value is -2.82. The first-order valence-electron chi connectivity index (χ1n) is 8.56. The van der Waals surface area contributed by atoms with Crippen molar-refractivity contribution in [2.75, 3.05) is 18.1 Å². The average molecular weight is 414 g/mol. The van der Waals surface area contributed by atoms with E-state index in [2.05, 4.69) is 0 Å². The molecule has 0 heterocycles. The van der Waals surface area contributed by atoms with Gasteiger partial charge in [-0.05, 0) is 42.5 Å². The van der Waals surface area contributed by atoms with E-state index in [-0.39, 0.29) is 17.1 Å². The lowest BCUT2D eigenvalue weighted by atomic mass is 10.1. The molecule has 4 nitrogen and oxygen atoms in total. The topological polar surface area (TPSA) is 46.6 Å². The van der Waals surface area contributed by atoms with Gasteiger partial charge in [-0.3, -0.25) is 9.59 Å². The zero-order valence-electron chi connectivity index (χ0n) is 14.8. The Labute approximate surface area is 173 Å². The average Bonchev–Trinajstić information content (AvgIpc) is 2.73. The summed E-state index contributed by atoms with van der Waals surface area (Å²) in [6.07, 6.45) is 0. The summed E-state index contributed by atoms with van der Waals surface area (Å²) in [5, 5.41) is 0.652. The number of hydrogen-bond acceptors (Lipinski definition) is 4. The maximum atomic E-state index is 12.4. The summed E-state index contributed by atoms with van der Waals surface area (Å²) < 4.78 is 5.19. The quantitative estimate of drug-likeness (QED) is 0.375. The molecule has 3 aromatic rings. The number of carbonyl (C=O) groups is 2. The van der Waals surface area contributed by atoms with Gasteiger partial charge in [-0.1, -0.05) is 59.6 Å². The van der Waals surface area contributed by atoms with E-state index in [0.717, 1.165) is 11.4 Å². The van der Waals surface area contributed by atoms with Gasteiger partial charge >= 0.3 is 5.97 Å². The largest absolute Gasteiger partial charge is 0.456 e. The van der Waals surface area contributed by atoms with E-state index >= 15 is 0 Å². The van der Waals surface area contributed by atoms with E-state index < -0.39 is 18.4 Å². The fourth-order valence-electron chi connectivity index (χ4n) is 2.66. The van der Waals surface area contributed by atoms with E-state index in [9.17, 15) is 9.59 Å². The number of benzene rings is 3. The van der Waals surface area contributed by atoms with Crippen LogP contribution in [0, 0.1) is 0 Å². The molecular formula is C22H17Cl2NO3. The van der Waals surface area contributed by atoms with Crippen LogP contribution in [-0.4, -0.2) is 24.9 Å². The molecule has 6 heteroatoms. The molecule has 0 saturated carbocycles. The number of esters is 1. The highest BCUT2D eigenvalue weighted by atomic mass is 35.5. The molecule has 0 amide bonds. The fraction of sp³-hybridized carbons (Fsp3) is 0.0909. The number of carbonyl (C=O) groups excluding carboxylic acids is 2. The predicted molar refractivity (Wildman–Crippen MR) is 112 cm³/mol. The maximum absolute atomic E-state index is 12.4. The van der Waals surface area contributed by atoms with Gasteiger partial charge in [0.2, 0.25) is 5.78 Å². The van der Waals surface area contributed by atoms with Crippen LogP contribution >= 0.6 is 23.2 Å². The second kappa shape index (κ2) is 9.40. The molecule has 0 aliphatic heterocycles. The molecule has 0 aromatic heterocycles. The van der Waals surface area contributed by atoms with Crippen LogP contribution in [0.2, 0.25) is 10.0 Å². The van der Waals surface area contributed by atoms with Crippen molar-refractivity contribution in [1.82, 2.24) is 0 Å². The smallest absolute Gasteiger partial charge is 0.326 e. The number of hydrogen-bond donors (Lipinski definition) is 0. The molecule has 0 fully saturated rings. The summed E-state index contributed by atoms with van der Waals surface area (Å²) in [6.45, 7) is -0.444. The molecule has 0 spiro atoms. The van der Waals surface area contributed by atoms with Gasteiger partial charge in [-0.25, -0.2) is 0 Å². The van der Waals surface area contributed by atoms with Crippen LogP contribution in [0.5, 0.6) is 0 Å². The van der Waals surface area contributed by atoms with E-state index in [1.165, 1.54) is 12.1 Å². The van der Waals surface area contributed by atoms with Gasteiger partial charge in [-0.15, -0.1) is 0 Å². The normalized spacial score (nSPS) is 10.4. The number of nitrogens with zero attached hydrogens (tertiary/aromatic N) is 1. The van der Waals surface area contributed by atoms with E-state index in [4.69, 9.17) is 27.9 Å². The molecule has 142 valence electrons. The van der Waals surface area contributed by atoms with Crippen molar-refractivity contribution < 1.29 is 14.3 Å². The zero-order valence-corrected chi connectivity index (χ0v) is 16.4. The highest BCUT2D eigenvalue weighted by Crippen LogP contribution is 2.25. The SMILES string of the molecule is O=C(CN(c1ccccc1)c1ccccc1)OCC(=O)c1cc(Cl)ccc1Cl. The molecule has 0 aliphatic carbocycles. The number of para-hydroxylation sites is 2. The first-order chi connectivity index (χ1) is 13.5. The molecule has 0 radical (unpaired) electrons. The number of ether oxygens (including phenoxy) is 1. The van der Waals surface area contributed by atoms with Crippen molar-refractivity contribution in [2.45, 2.75) is 0 Å². The zero-order chi connectivity index (χ0) is 19.9. The van der Waals surface area contributed by atoms with Crippen LogP contribution in [-0.2, 0) is 9.53 Å². The predicted octanol–water partition coefficient (Wildman–Crippen LogP) is 5.56. The number of anilines is 2. The summed E-state index contributed by atoms with van der Waals surface area (Å²) in [6, 6.07) is 23.5. The molecule has 0 N–H and O–H groups in total. The Kier molecular flexibility index (Phi) is 6.69. The van der Waals surface area contributed by atoms with Crippen LogP contribution in [0.3, 0.4) is 0 Å². The summed E-state index contributed by atoms with van der Waals surface area (Å²) in [4.78, 5) is 26.5. The first-order valence-corrected chi connectivity index (χ1v) is 9.31. The minimum Gasteiger partial charge on any atom is -0.456 e. The highest BCUT2D eigenvalue weighted by molar-refractivity contribution is 6.36. The lowest BCUT2D eigenvalue weighted by Crippen LogP contribution is -2.28. The monoisotopic (exact) mass is 413 g/mol. The van der Waals surface area contributed by atoms with E-state index in [1.54, 1.807) is 6.07 Å². The third-order valence-corrected chi connectivity index (χ3v) is 4.58. The highest BCUT2D eigenvalue weighted by Gasteiger charge is 2.17. The number of halogens is 2. The van der Waals surface area contributed by atoms with Crippen molar-refractivity contribution in [3.05, 3.63) is 94.5 Å². The van der Waals surface area contributed by atoms with Gasteiger partial charge in [0.25, 0.3) is 0 Å². The van der Waals surface area contributed by atoms with Crippen molar-refractivity contribution in [3.8, 4) is 0 Å². The van der Waals surface area contributed by atoms with Gasteiger partial charge in [-0.2, -0.15) is 0 Å². The van der Waals surface area contributed by atoms with E-state index in [1.807, 2.05) is 65.6 Å². The molecule has 3 rings (SSSR count). The van der Waals surface area contributed by atoms with Crippen molar-refractivity contribution in [1.29, 1.82) is 0 Å². The van der Waals surface area contributed by atoms with Crippen molar-refractivity contribution in [3.63, 3.8) is 0 Å². The van der Waals surface area contributed by atoms with E-state index in [0.29, 0.717) is 5.02 Å². The second-order valence-corrected chi connectivity index (χ2v) is 6.81. The summed E-state index contributed by atoms with van der Waals surface area (Å²) >= 11 is 11.9. The molecule has 0 bridgehead atoms. The Morgan fingerprint density at radius 3 is 1.96 bits per heavy atom.